The molecule has 0 bridgehead atoms. The van der Waals surface area contributed by atoms with Crippen LogP contribution in [0.3, 0.4) is 0 Å². The summed E-state index contributed by atoms with van der Waals surface area (Å²) in [5, 5.41) is 6.38. The number of hydrogen-bond donors (Lipinski definition) is 2. The van der Waals surface area contributed by atoms with Crippen LogP contribution in [0.25, 0.3) is 16.5 Å². The minimum atomic E-state index is -0.302. The van der Waals surface area contributed by atoms with Gasteiger partial charge in [0.2, 0.25) is 11.8 Å². The van der Waals surface area contributed by atoms with E-state index >= 15 is 0 Å². The molecule has 1 heterocycles. The van der Waals surface area contributed by atoms with E-state index in [0.29, 0.717) is 0 Å². The van der Waals surface area contributed by atoms with Gasteiger partial charge in [0.25, 0.3) is 0 Å². The number of nitrogens with one attached hydrogen (secondary N) is 2. The van der Waals surface area contributed by atoms with Crippen LogP contribution in [-0.4, -0.2) is 21.6 Å². The van der Waals surface area contributed by atoms with Gasteiger partial charge >= 0.3 is 0 Å². The first kappa shape index (κ1) is 18.4. The summed E-state index contributed by atoms with van der Waals surface area (Å²) in [6, 6.07) is 23.4. The molecule has 0 spiro atoms. The Bertz CT molecular complexity index is 1150. The highest BCUT2D eigenvalue weighted by molar-refractivity contribution is 5.91. The topological polar surface area (TPSA) is 76.0 Å². The molecule has 2 N–H and O–H groups in total. The molecule has 0 aliphatic heterocycles. The SMILES string of the molecule is O=C(Cc1cnn(-c2ccccc2)c1)NNC(=O)Cc1cccc2ccccc12. The van der Waals surface area contributed by atoms with Gasteiger partial charge in [0.05, 0.1) is 24.7 Å². The fraction of sp³-hybridized carbons (Fsp3) is 0.0870. The molecule has 0 aliphatic carbocycles. The second kappa shape index (κ2) is 8.39. The van der Waals surface area contributed by atoms with E-state index in [-0.39, 0.29) is 24.7 Å². The number of hydrogen-bond acceptors (Lipinski definition) is 3. The monoisotopic (exact) mass is 384 g/mol. The summed E-state index contributed by atoms with van der Waals surface area (Å²) in [6.45, 7) is 0. The lowest BCUT2D eigenvalue weighted by molar-refractivity contribution is -0.128. The Balaban J connectivity index is 1.31. The van der Waals surface area contributed by atoms with Crippen molar-refractivity contribution < 1.29 is 9.59 Å². The van der Waals surface area contributed by atoms with Gasteiger partial charge in [0.15, 0.2) is 0 Å². The molecule has 0 atom stereocenters. The largest absolute Gasteiger partial charge is 0.273 e. The van der Waals surface area contributed by atoms with Gasteiger partial charge in [-0.05, 0) is 34.0 Å². The molecule has 6 heteroatoms. The molecule has 0 aliphatic rings. The Morgan fingerprint density at radius 1 is 0.793 bits per heavy atom. The lowest BCUT2D eigenvalue weighted by atomic mass is 10.0. The second-order valence-electron chi connectivity index (χ2n) is 6.72. The predicted octanol–water partition coefficient (Wildman–Crippen LogP) is 2.96. The number of benzene rings is 3. The van der Waals surface area contributed by atoms with Crippen molar-refractivity contribution in [1.82, 2.24) is 20.6 Å². The average molecular weight is 384 g/mol. The van der Waals surface area contributed by atoms with Gasteiger partial charge in [-0.15, -0.1) is 0 Å². The highest BCUT2D eigenvalue weighted by atomic mass is 16.2. The van der Waals surface area contributed by atoms with E-state index in [1.165, 1.54) is 0 Å². The zero-order chi connectivity index (χ0) is 20.1. The first-order valence-electron chi connectivity index (χ1n) is 9.32. The van der Waals surface area contributed by atoms with Gasteiger partial charge in [-0.25, -0.2) is 4.68 Å². The van der Waals surface area contributed by atoms with E-state index in [1.54, 1.807) is 17.1 Å². The maximum Gasteiger partial charge on any atom is 0.242 e. The Labute approximate surface area is 168 Å². The van der Waals surface area contributed by atoms with E-state index in [1.807, 2.05) is 72.8 Å². The molecule has 0 fully saturated rings. The molecule has 3 aromatic carbocycles. The maximum absolute atomic E-state index is 12.3. The van der Waals surface area contributed by atoms with Crippen LogP contribution in [0.2, 0.25) is 0 Å². The third kappa shape index (κ3) is 4.50. The smallest absolute Gasteiger partial charge is 0.242 e. The Morgan fingerprint density at radius 3 is 2.31 bits per heavy atom. The van der Waals surface area contributed by atoms with E-state index in [2.05, 4.69) is 16.0 Å². The summed E-state index contributed by atoms with van der Waals surface area (Å²) >= 11 is 0. The standard InChI is InChI=1S/C23H20N4O2/c28-22(13-17-15-24-27(16-17)20-10-2-1-3-11-20)25-26-23(29)14-19-9-6-8-18-7-4-5-12-21(18)19/h1-12,15-16H,13-14H2,(H,25,28)(H,26,29). The van der Waals surface area contributed by atoms with Crippen molar-refractivity contribution in [2.75, 3.05) is 0 Å². The molecular formula is C23H20N4O2. The summed E-state index contributed by atoms with van der Waals surface area (Å²) in [7, 11) is 0. The number of nitrogens with zero attached hydrogens (tertiary/aromatic N) is 2. The molecular weight excluding hydrogens is 364 g/mol. The molecule has 0 saturated carbocycles. The highest BCUT2D eigenvalue weighted by Gasteiger charge is 2.10. The van der Waals surface area contributed by atoms with Crippen molar-refractivity contribution in [2.24, 2.45) is 0 Å². The number of carbonyl (C=O) groups is 2. The van der Waals surface area contributed by atoms with E-state index in [0.717, 1.165) is 27.6 Å². The normalized spacial score (nSPS) is 10.6. The number of aromatic nitrogens is 2. The van der Waals surface area contributed by atoms with Crippen molar-refractivity contribution in [2.45, 2.75) is 12.8 Å². The minimum Gasteiger partial charge on any atom is -0.273 e. The molecule has 4 aromatic rings. The maximum atomic E-state index is 12.3. The van der Waals surface area contributed by atoms with Crippen LogP contribution in [0.4, 0.5) is 0 Å². The fourth-order valence-corrected chi connectivity index (χ4v) is 3.21. The van der Waals surface area contributed by atoms with E-state index in [9.17, 15) is 9.59 Å². The number of carbonyl (C=O) groups excluding carboxylic acids is 2. The van der Waals surface area contributed by atoms with Gasteiger partial charge in [0, 0.05) is 6.20 Å². The fourth-order valence-electron chi connectivity index (χ4n) is 3.21. The average Bonchev–Trinajstić information content (AvgIpc) is 3.22. The molecule has 4 rings (SSSR count). The summed E-state index contributed by atoms with van der Waals surface area (Å²) in [5.41, 5.74) is 7.56. The summed E-state index contributed by atoms with van der Waals surface area (Å²) in [5.74, 6) is -0.571. The van der Waals surface area contributed by atoms with Crippen LogP contribution >= 0.6 is 0 Å². The molecule has 29 heavy (non-hydrogen) atoms. The minimum absolute atomic E-state index is 0.126. The van der Waals surface area contributed by atoms with Crippen LogP contribution in [0.1, 0.15) is 11.1 Å². The van der Waals surface area contributed by atoms with Crippen molar-refractivity contribution >= 4 is 22.6 Å². The Kier molecular flexibility index (Phi) is 5.33. The molecule has 0 radical (unpaired) electrons. The molecule has 0 unspecified atom stereocenters. The van der Waals surface area contributed by atoms with Gasteiger partial charge in [-0.3, -0.25) is 20.4 Å². The predicted molar refractivity (Wildman–Crippen MR) is 111 cm³/mol. The lowest BCUT2D eigenvalue weighted by Crippen LogP contribution is -2.43. The number of fused-ring (bicyclic) bond motifs is 1. The van der Waals surface area contributed by atoms with E-state index in [4.69, 9.17) is 0 Å². The molecule has 144 valence electrons. The summed E-state index contributed by atoms with van der Waals surface area (Å²) in [4.78, 5) is 24.4. The van der Waals surface area contributed by atoms with Crippen LogP contribution in [-0.2, 0) is 22.4 Å². The molecule has 6 nitrogen and oxygen atoms in total. The van der Waals surface area contributed by atoms with Crippen LogP contribution in [0, 0.1) is 0 Å². The Morgan fingerprint density at radius 2 is 1.48 bits per heavy atom. The second-order valence-corrected chi connectivity index (χ2v) is 6.72. The zero-order valence-corrected chi connectivity index (χ0v) is 15.7. The first-order valence-corrected chi connectivity index (χ1v) is 9.32. The lowest BCUT2D eigenvalue weighted by Gasteiger charge is -2.09. The van der Waals surface area contributed by atoms with Crippen LogP contribution in [0.15, 0.2) is 85.2 Å². The third-order valence-corrected chi connectivity index (χ3v) is 4.59. The van der Waals surface area contributed by atoms with Gasteiger partial charge in [0.1, 0.15) is 0 Å². The quantitative estimate of drug-likeness (QED) is 0.520. The molecule has 0 saturated heterocycles. The molecule has 1 aromatic heterocycles. The number of para-hydroxylation sites is 1. The first-order chi connectivity index (χ1) is 14.2. The van der Waals surface area contributed by atoms with Gasteiger partial charge in [-0.2, -0.15) is 5.10 Å². The van der Waals surface area contributed by atoms with Crippen molar-refractivity contribution in [1.29, 1.82) is 0 Å². The van der Waals surface area contributed by atoms with Crippen molar-refractivity contribution in [3.63, 3.8) is 0 Å². The number of hydrazine groups is 1. The number of amides is 2. The summed E-state index contributed by atoms with van der Waals surface area (Å²) < 4.78 is 1.71. The van der Waals surface area contributed by atoms with Gasteiger partial charge < -0.3 is 0 Å². The van der Waals surface area contributed by atoms with E-state index < -0.39 is 0 Å². The number of rotatable bonds is 5. The Hall–Kier alpha value is -3.93. The zero-order valence-electron chi connectivity index (χ0n) is 15.7. The molecule has 2 amide bonds. The van der Waals surface area contributed by atoms with Crippen LogP contribution < -0.4 is 10.9 Å². The van der Waals surface area contributed by atoms with Crippen molar-refractivity contribution in [3.8, 4) is 5.69 Å². The van der Waals surface area contributed by atoms with Gasteiger partial charge in [-0.1, -0.05) is 60.7 Å². The highest BCUT2D eigenvalue weighted by Crippen LogP contribution is 2.18. The van der Waals surface area contributed by atoms with Crippen molar-refractivity contribution in [3.05, 3.63) is 96.3 Å². The van der Waals surface area contributed by atoms with Crippen LogP contribution in [0.5, 0.6) is 0 Å². The summed E-state index contributed by atoms with van der Waals surface area (Å²) in [6.07, 6.45) is 3.76. The third-order valence-electron chi connectivity index (χ3n) is 4.59.